The predicted molar refractivity (Wildman–Crippen MR) is 167 cm³/mol. The molecule has 3 rings (SSSR count). The summed E-state index contributed by atoms with van der Waals surface area (Å²) in [5.74, 6) is 0.228. The number of rotatable bonds is 17. The standard InChI is InChI=1S/C34H36ClN3O2/c35-25-32(20-21-36)38-22-8-14-29(34(40)24-31(37)23-26-9-3-1-4-10-26)13-7-15-33(39)30-18-16-28(17-19-30)27-11-5-2-6-12-27/h1-6,9-13,16-19,21,36-37H,7-8,14-15,20,22-25H2/b29-13-,36-21?,37-31?,38-32?. The number of hydrogen-bond acceptors (Lipinski definition) is 5. The van der Waals surface area contributed by atoms with Crippen molar-refractivity contribution in [3.05, 3.63) is 108 Å². The van der Waals surface area contributed by atoms with Crippen LogP contribution < -0.4 is 0 Å². The van der Waals surface area contributed by atoms with E-state index in [0.717, 1.165) is 22.4 Å². The number of aliphatic imine (C=N–C) groups is 1. The second-order valence-electron chi connectivity index (χ2n) is 9.59. The van der Waals surface area contributed by atoms with Crippen molar-refractivity contribution in [2.45, 2.75) is 44.9 Å². The maximum Gasteiger partial charge on any atom is 0.164 e. The number of halogens is 1. The molecule has 206 valence electrons. The minimum atomic E-state index is -0.0818. The van der Waals surface area contributed by atoms with Gasteiger partial charge in [0.1, 0.15) is 0 Å². The normalized spacial score (nSPS) is 11.7. The number of nitrogens with zero attached hydrogens (tertiary/aromatic N) is 1. The van der Waals surface area contributed by atoms with E-state index in [9.17, 15) is 9.59 Å². The Bertz CT molecular complexity index is 1330. The highest BCUT2D eigenvalue weighted by molar-refractivity contribution is 6.29. The van der Waals surface area contributed by atoms with Crippen molar-refractivity contribution in [3.63, 3.8) is 0 Å². The lowest BCUT2D eigenvalue weighted by Crippen LogP contribution is -2.12. The fourth-order valence-corrected chi connectivity index (χ4v) is 4.55. The van der Waals surface area contributed by atoms with Crippen LogP contribution in [0.5, 0.6) is 0 Å². The number of allylic oxidation sites excluding steroid dienone is 2. The number of alkyl halides is 1. The van der Waals surface area contributed by atoms with Crippen molar-refractivity contribution in [2.75, 3.05) is 12.4 Å². The molecular weight excluding hydrogens is 518 g/mol. The van der Waals surface area contributed by atoms with Crippen LogP contribution in [0.4, 0.5) is 0 Å². The van der Waals surface area contributed by atoms with Gasteiger partial charge in [0.2, 0.25) is 0 Å². The van der Waals surface area contributed by atoms with Gasteiger partial charge >= 0.3 is 0 Å². The van der Waals surface area contributed by atoms with Gasteiger partial charge in [-0.3, -0.25) is 14.6 Å². The zero-order chi connectivity index (χ0) is 28.6. The molecule has 40 heavy (non-hydrogen) atoms. The molecule has 3 aromatic carbocycles. The van der Waals surface area contributed by atoms with Crippen LogP contribution in [0.25, 0.3) is 11.1 Å². The summed E-state index contributed by atoms with van der Waals surface area (Å²) in [6.45, 7) is 0.509. The first-order valence-electron chi connectivity index (χ1n) is 13.6. The minimum Gasteiger partial charge on any atom is -0.313 e. The smallest absolute Gasteiger partial charge is 0.164 e. The van der Waals surface area contributed by atoms with Crippen molar-refractivity contribution >= 4 is 40.8 Å². The van der Waals surface area contributed by atoms with Crippen molar-refractivity contribution in [1.29, 1.82) is 10.8 Å². The monoisotopic (exact) mass is 553 g/mol. The minimum absolute atomic E-state index is 0.0301. The molecule has 0 radical (unpaired) electrons. The lowest BCUT2D eigenvalue weighted by Gasteiger charge is -2.09. The molecule has 0 fully saturated rings. The van der Waals surface area contributed by atoms with E-state index in [4.69, 9.17) is 22.4 Å². The van der Waals surface area contributed by atoms with E-state index < -0.39 is 0 Å². The summed E-state index contributed by atoms with van der Waals surface area (Å²) >= 11 is 5.90. The van der Waals surface area contributed by atoms with E-state index in [1.54, 1.807) is 0 Å². The fourth-order valence-electron chi connectivity index (χ4n) is 4.35. The lowest BCUT2D eigenvalue weighted by molar-refractivity contribution is -0.114. The summed E-state index contributed by atoms with van der Waals surface area (Å²) in [5.41, 5.74) is 5.57. The quantitative estimate of drug-likeness (QED) is 0.0583. The van der Waals surface area contributed by atoms with Crippen LogP contribution in [0.2, 0.25) is 0 Å². The average molecular weight is 554 g/mol. The van der Waals surface area contributed by atoms with E-state index in [0.29, 0.717) is 61.9 Å². The molecule has 0 saturated carbocycles. The summed E-state index contributed by atoms with van der Waals surface area (Å²) in [6, 6.07) is 27.3. The molecule has 0 aromatic heterocycles. The highest BCUT2D eigenvalue weighted by atomic mass is 35.5. The number of ketones is 2. The Hall–Kier alpha value is -3.96. The molecule has 0 bridgehead atoms. The predicted octanol–water partition coefficient (Wildman–Crippen LogP) is 7.96. The molecule has 6 heteroatoms. The van der Waals surface area contributed by atoms with Gasteiger partial charge in [-0.05, 0) is 41.5 Å². The third-order valence-electron chi connectivity index (χ3n) is 6.50. The van der Waals surface area contributed by atoms with Crippen LogP contribution in [0.15, 0.2) is 102 Å². The maximum absolute atomic E-state index is 13.2. The molecule has 3 aromatic rings. The van der Waals surface area contributed by atoms with Crippen LogP contribution in [-0.2, 0) is 11.2 Å². The Balaban J connectivity index is 1.62. The molecule has 0 saturated heterocycles. The van der Waals surface area contributed by atoms with Gasteiger partial charge in [0.25, 0.3) is 0 Å². The Labute approximate surface area is 242 Å². The fraction of sp³-hybridized carbons (Fsp3) is 0.265. The van der Waals surface area contributed by atoms with Crippen molar-refractivity contribution in [1.82, 2.24) is 0 Å². The first kappa shape index (κ1) is 30.6. The Morgan fingerprint density at radius 1 is 0.850 bits per heavy atom. The summed E-state index contributed by atoms with van der Waals surface area (Å²) in [7, 11) is 0. The Morgan fingerprint density at radius 3 is 2.15 bits per heavy atom. The van der Waals surface area contributed by atoms with Gasteiger partial charge in [0, 0.05) is 55.4 Å². The highest BCUT2D eigenvalue weighted by Crippen LogP contribution is 2.20. The molecule has 2 N–H and O–H groups in total. The topological polar surface area (TPSA) is 94.2 Å². The van der Waals surface area contributed by atoms with E-state index in [1.165, 1.54) is 6.21 Å². The molecule has 0 aliphatic heterocycles. The number of Topliss-reactive ketones (excluding diaryl/α,β-unsaturated/α-hetero) is 2. The van der Waals surface area contributed by atoms with E-state index in [2.05, 4.69) is 4.99 Å². The first-order chi connectivity index (χ1) is 19.5. The van der Waals surface area contributed by atoms with Gasteiger partial charge in [-0.1, -0.05) is 91.0 Å². The van der Waals surface area contributed by atoms with Crippen LogP contribution in [0.3, 0.4) is 0 Å². The largest absolute Gasteiger partial charge is 0.313 e. The van der Waals surface area contributed by atoms with Crippen LogP contribution in [-0.4, -0.2) is 41.6 Å². The maximum atomic E-state index is 13.2. The van der Waals surface area contributed by atoms with E-state index >= 15 is 0 Å². The molecular formula is C34H36ClN3O2. The Kier molecular flexibility index (Phi) is 12.9. The average Bonchev–Trinajstić information content (AvgIpc) is 2.98. The lowest BCUT2D eigenvalue weighted by atomic mass is 9.96. The molecule has 0 unspecified atom stereocenters. The van der Waals surface area contributed by atoms with Crippen molar-refractivity contribution in [2.24, 2.45) is 4.99 Å². The summed E-state index contributed by atoms with van der Waals surface area (Å²) in [6.07, 6.45) is 5.98. The van der Waals surface area contributed by atoms with Gasteiger partial charge < -0.3 is 10.8 Å². The highest BCUT2D eigenvalue weighted by Gasteiger charge is 2.14. The van der Waals surface area contributed by atoms with Crippen LogP contribution in [0, 0.1) is 10.8 Å². The number of carbonyl (C=O) groups is 2. The second-order valence-corrected chi connectivity index (χ2v) is 9.86. The third kappa shape index (κ3) is 10.3. The summed E-state index contributed by atoms with van der Waals surface area (Å²) in [5, 5.41) is 15.6. The van der Waals surface area contributed by atoms with Gasteiger partial charge in [0.05, 0.1) is 5.88 Å². The number of nitrogens with one attached hydrogen (secondary N) is 2. The summed E-state index contributed by atoms with van der Waals surface area (Å²) < 4.78 is 0. The summed E-state index contributed by atoms with van der Waals surface area (Å²) in [4.78, 5) is 30.5. The molecule has 5 nitrogen and oxygen atoms in total. The molecule has 0 amide bonds. The van der Waals surface area contributed by atoms with Gasteiger partial charge in [0.15, 0.2) is 11.6 Å². The molecule has 0 aliphatic carbocycles. The first-order valence-corrected chi connectivity index (χ1v) is 14.1. The van der Waals surface area contributed by atoms with Crippen molar-refractivity contribution < 1.29 is 9.59 Å². The molecule has 0 aliphatic rings. The zero-order valence-corrected chi connectivity index (χ0v) is 23.5. The number of carbonyl (C=O) groups excluding carboxylic acids is 2. The van der Waals surface area contributed by atoms with Crippen molar-refractivity contribution in [3.8, 4) is 11.1 Å². The van der Waals surface area contributed by atoms with E-state index in [1.807, 2.05) is 91.0 Å². The molecule has 0 heterocycles. The number of benzene rings is 3. The third-order valence-corrected chi connectivity index (χ3v) is 6.81. The SMILES string of the molecule is N=CCC(CCl)=NCCC/C(=C/CCC(=O)c1ccc(-c2ccccc2)cc1)C(=O)CC(=N)Cc1ccccc1. The van der Waals surface area contributed by atoms with Gasteiger partial charge in [-0.15, -0.1) is 11.6 Å². The zero-order valence-electron chi connectivity index (χ0n) is 22.7. The van der Waals surface area contributed by atoms with Crippen LogP contribution >= 0.6 is 11.6 Å². The van der Waals surface area contributed by atoms with E-state index in [-0.39, 0.29) is 23.9 Å². The molecule has 0 atom stereocenters. The van der Waals surface area contributed by atoms with Crippen LogP contribution in [0.1, 0.15) is 54.4 Å². The molecule has 0 spiro atoms. The second kappa shape index (κ2) is 16.9. The van der Waals surface area contributed by atoms with Gasteiger partial charge in [-0.2, -0.15) is 0 Å². The number of hydrogen-bond donors (Lipinski definition) is 2. The Morgan fingerprint density at radius 2 is 1.50 bits per heavy atom. The van der Waals surface area contributed by atoms with Gasteiger partial charge in [-0.25, -0.2) is 0 Å².